The monoisotopic (exact) mass is 576 g/mol. The summed E-state index contributed by atoms with van der Waals surface area (Å²) in [5.41, 5.74) is 6.29. The molecule has 0 saturated carbocycles. The second-order valence-electron chi connectivity index (χ2n) is 11.2. The number of fused-ring (bicyclic) bond motifs is 1. The van der Waals surface area contributed by atoms with Crippen molar-refractivity contribution in [3.05, 3.63) is 94.0 Å². The number of aryl methyl sites for hydroxylation is 1. The van der Waals surface area contributed by atoms with Crippen LogP contribution in [0.2, 0.25) is 0 Å². The van der Waals surface area contributed by atoms with E-state index < -0.39 is 29.7 Å². The van der Waals surface area contributed by atoms with Crippen LogP contribution in [0.1, 0.15) is 55.8 Å². The first-order chi connectivity index (χ1) is 20.8. The van der Waals surface area contributed by atoms with Crippen molar-refractivity contribution >= 4 is 35.0 Å². The molecule has 0 aliphatic carbocycles. The Morgan fingerprint density at radius 1 is 0.930 bits per heavy atom. The van der Waals surface area contributed by atoms with E-state index in [0.717, 1.165) is 48.8 Å². The largest absolute Gasteiger partial charge is 0.380 e. The van der Waals surface area contributed by atoms with Crippen LogP contribution in [-0.4, -0.2) is 65.6 Å². The van der Waals surface area contributed by atoms with Crippen molar-refractivity contribution in [1.82, 2.24) is 15.1 Å². The van der Waals surface area contributed by atoms with Gasteiger partial charge in [-0.3, -0.25) is 34.3 Å². The number of rotatable bonds is 7. The van der Waals surface area contributed by atoms with E-state index in [1.807, 2.05) is 18.2 Å². The molecule has 2 N–H and O–H groups in total. The van der Waals surface area contributed by atoms with Crippen LogP contribution in [0.15, 0.2) is 60.7 Å². The van der Waals surface area contributed by atoms with E-state index in [4.69, 9.17) is 5.26 Å². The summed E-state index contributed by atoms with van der Waals surface area (Å²) in [7, 11) is 0. The number of piperidine rings is 1. The lowest BCUT2D eigenvalue weighted by Crippen LogP contribution is -2.54. The van der Waals surface area contributed by atoms with Crippen LogP contribution >= 0.6 is 0 Å². The number of imide groups is 2. The first kappa shape index (κ1) is 28.1. The summed E-state index contributed by atoms with van der Waals surface area (Å²) in [5.74, 6) is -2.06. The Bertz CT molecular complexity index is 1650. The van der Waals surface area contributed by atoms with Crippen molar-refractivity contribution in [2.45, 2.75) is 38.9 Å². The number of carbonyl (C=O) groups excluding carboxylic acids is 4. The summed E-state index contributed by atoms with van der Waals surface area (Å²) in [4.78, 5) is 56.1. The number of piperazine rings is 1. The highest BCUT2D eigenvalue weighted by molar-refractivity contribution is 6.25. The Hall–Kier alpha value is -5.01. The zero-order valence-corrected chi connectivity index (χ0v) is 23.9. The number of hydrogen-bond donors (Lipinski definition) is 2. The highest BCUT2D eigenvalue weighted by atomic mass is 16.2. The van der Waals surface area contributed by atoms with Gasteiger partial charge in [-0.1, -0.05) is 30.3 Å². The lowest BCUT2D eigenvalue weighted by atomic mass is 10.0. The summed E-state index contributed by atoms with van der Waals surface area (Å²) in [6.45, 7) is 7.12. The van der Waals surface area contributed by atoms with Gasteiger partial charge < -0.3 is 10.2 Å². The highest BCUT2D eigenvalue weighted by Gasteiger charge is 2.45. The van der Waals surface area contributed by atoms with Crippen molar-refractivity contribution in [1.29, 1.82) is 5.26 Å². The van der Waals surface area contributed by atoms with Crippen LogP contribution in [0.4, 0.5) is 11.4 Å². The summed E-state index contributed by atoms with van der Waals surface area (Å²) in [6.07, 6.45) is 0.206. The number of amides is 4. The van der Waals surface area contributed by atoms with E-state index in [0.29, 0.717) is 17.8 Å². The summed E-state index contributed by atoms with van der Waals surface area (Å²) in [5, 5.41) is 14.7. The molecule has 4 amide bonds. The molecule has 2 saturated heterocycles. The average Bonchev–Trinajstić information content (AvgIpc) is 3.27. The molecule has 3 aromatic rings. The standard InChI is InChI=1S/C33H32N6O4/c1-21-17-24(18-34)9-10-27(21)38-15-13-37(14-16-38)20-23-7-5-22(6-8-23)19-35-26-4-2-3-25-30(26)33(43)39(32(25)42)28-11-12-29(40)36-31(28)41/h2-10,17,28,35H,11-16,19-20H2,1H3,(H,36,40,41). The molecule has 3 aliphatic rings. The predicted molar refractivity (Wildman–Crippen MR) is 160 cm³/mol. The number of nitrogens with one attached hydrogen (secondary N) is 2. The Morgan fingerprint density at radius 3 is 2.37 bits per heavy atom. The second kappa shape index (κ2) is 11.7. The van der Waals surface area contributed by atoms with Gasteiger partial charge in [0.05, 0.1) is 22.8 Å². The molecule has 0 aromatic heterocycles. The van der Waals surface area contributed by atoms with Gasteiger partial charge in [-0.25, -0.2) is 0 Å². The van der Waals surface area contributed by atoms with Crippen molar-refractivity contribution in [2.75, 3.05) is 36.4 Å². The normalized spacial score (nSPS) is 18.8. The minimum Gasteiger partial charge on any atom is -0.380 e. The fourth-order valence-electron chi connectivity index (χ4n) is 6.11. The zero-order valence-electron chi connectivity index (χ0n) is 23.9. The first-order valence-corrected chi connectivity index (χ1v) is 14.5. The van der Waals surface area contributed by atoms with E-state index in [1.165, 1.54) is 11.3 Å². The van der Waals surface area contributed by atoms with Gasteiger partial charge in [-0.2, -0.15) is 5.26 Å². The lowest BCUT2D eigenvalue weighted by Gasteiger charge is -2.37. The predicted octanol–water partition coefficient (Wildman–Crippen LogP) is 3.20. The maximum atomic E-state index is 13.3. The van der Waals surface area contributed by atoms with Gasteiger partial charge in [0.2, 0.25) is 11.8 Å². The van der Waals surface area contributed by atoms with E-state index in [2.05, 4.69) is 57.7 Å². The fraction of sp³-hybridized carbons (Fsp3) is 0.303. The molecular formula is C33H32N6O4. The topological polar surface area (TPSA) is 126 Å². The summed E-state index contributed by atoms with van der Waals surface area (Å²) >= 11 is 0. The molecule has 6 rings (SSSR count). The lowest BCUT2D eigenvalue weighted by molar-refractivity contribution is -0.136. The zero-order chi connectivity index (χ0) is 30.1. The van der Waals surface area contributed by atoms with Crippen LogP contribution in [-0.2, 0) is 22.7 Å². The third kappa shape index (κ3) is 5.59. The molecule has 0 spiro atoms. The number of hydrogen-bond acceptors (Lipinski definition) is 8. The molecular weight excluding hydrogens is 544 g/mol. The van der Waals surface area contributed by atoms with Gasteiger partial charge in [-0.05, 0) is 60.4 Å². The molecule has 1 unspecified atom stereocenters. The molecule has 218 valence electrons. The van der Waals surface area contributed by atoms with Crippen molar-refractivity contribution in [3.63, 3.8) is 0 Å². The minimum absolute atomic E-state index is 0.0828. The molecule has 10 heteroatoms. The number of benzene rings is 3. The Kier molecular flexibility index (Phi) is 7.65. The SMILES string of the molecule is Cc1cc(C#N)ccc1N1CCN(Cc2ccc(CNc3cccc4c3C(=O)N(C3CCC(=O)NC3=O)C4=O)cc2)CC1. The smallest absolute Gasteiger partial charge is 0.264 e. The average molecular weight is 577 g/mol. The Balaban J connectivity index is 1.05. The van der Waals surface area contributed by atoms with Gasteiger partial charge in [0.15, 0.2) is 0 Å². The minimum atomic E-state index is -0.992. The maximum absolute atomic E-state index is 13.3. The third-order valence-electron chi connectivity index (χ3n) is 8.42. The molecule has 3 aromatic carbocycles. The van der Waals surface area contributed by atoms with E-state index in [-0.39, 0.29) is 24.0 Å². The number of carbonyl (C=O) groups is 4. The number of nitrogens with zero attached hydrogens (tertiary/aromatic N) is 4. The van der Waals surface area contributed by atoms with Gasteiger partial charge in [0.1, 0.15) is 6.04 Å². The van der Waals surface area contributed by atoms with E-state index in [1.54, 1.807) is 18.2 Å². The quantitative estimate of drug-likeness (QED) is 0.411. The van der Waals surface area contributed by atoms with Gasteiger partial charge in [-0.15, -0.1) is 0 Å². The molecule has 0 radical (unpaired) electrons. The Labute approximate surface area is 249 Å². The van der Waals surface area contributed by atoms with Crippen LogP contribution in [0.5, 0.6) is 0 Å². The molecule has 0 bridgehead atoms. The van der Waals surface area contributed by atoms with Gasteiger partial charge in [0.25, 0.3) is 11.8 Å². The van der Waals surface area contributed by atoms with Crippen molar-refractivity contribution < 1.29 is 19.2 Å². The number of nitriles is 1. The highest BCUT2D eigenvalue weighted by Crippen LogP contribution is 2.32. The molecule has 1 atom stereocenters. The number of anilines is 2. The molecule has 3 aliphatic heterocycles. The van der Waals surface area contributed by atoms with Gasteiger partial charge in [0, 0.05) is 57.1 Å². The van der Waals surface area contributed by atoms with Crippen LogP contribution in [0.3, 0.4) is 0 Å². The van der Waals surface area contributed by atoms with Crippen molar-refractivity contribution in [2.24, 2.45) is 0 Å². The van der Waals surface area contributed by atoms with Crippen molar-refractivity contribution in [3.8, 4) is 6.07 Å². The molecule has 43 heavy (non-hydrogen) atoms. The Morgan fingerprint density at radius 2 is 1.67 bits per heavy atom. The van der Waals surface area contributed by atoms with Crippen LogP contribution in [0.25, 0.3) is 0 Å². The van der Waals surface area contributed by atoms with Crippen LogP contribution < -0.4 is 15.5 Å². The second-order valence-corrected chi connectivity index (χ2v) is 11.2. The van der Waals surface area contributed by atoms with E-state index in [9.17, 15) is 19.2 Å². The molecule has 2 fully saturated rings. The summed E-state index contributed by atoms with van der Waals surface area (Å²) in [6, 6.07) is 20.5. The van der Waals surface area contributed by atoms with E-state index >= 15 is 0 Å². The first-order valence-electron chi connectivity index (χ1n) is 14.5. The maximum Gasteiger partial charge on any atom is 0.264 e. The van der Waals surface area contributed by atoms with Crippen LogP contribution in [0, 0.1) is 18.3 Å². The van der Waals surface area contributed by atoms with Gasteiger partial charge >= 0.3 is 0 Å². The third-order valence-corrected chi connectivity index (χ3v) is 8.42. The molecule has 10 nitrogen and oxygen atoms in total. The fourth-order valence-corrected chi connectivity index (χ4v) is 6.11. The molecule has 3 heterocycles. The summed E-state index contributed by atoms with van der Waals surface area (Å²) < 4.78 is 0.